The summed E-state index contributed by atoms with van der Waals surface area (Å²) in [5, 5.41) is 0. The Morgan fingerprint density at radius 2 is 2.11 bits per heavy atom. The molecule has 0 aromatic carbocycles. The number of hydrogen-bond donors (Lipinski definition) is 0. The zero-order valence-corrected chi connectivity index (χ0v) is 5.97. The van der Waals surface area contributed by atoms with Crippen LogP contribution < -0.4 is 0 Å². The van der Waals surface area contributed by atoms with E-state index >= 15 is 0 Å². The van der Waals surface area contributed by atoms with Crippen LogP contribution in [0.15, 0.2) is 12.2 Å². The summed E-state index contributed by atoms with van der Waals surface area (Å²) in [5.74, 6) is 0. The Bertz CT molecular complexity index is 84.6. The maximum atomic E-state index is 9.75. The van der Waals surface area contributed by atoms with Crippen molar-refractivity contribution >= 4 is 6.29 Å². The maximum absolute atomic E-state index is 9.75. The van der Waals surface area contributed by atoms with Gasteiger partial charge in [0.1, 0.15) is 6.29 Å². The third kappa shape index (κ3) is 7.41. The van der Waals surface area contributed by atoms with E-state index in [9.17, 15) is 4.79 Å². The van der Waals surface area contributed by atoms with Gasteiger partial charge < -0.3 is 0 Å². The van der Waals surface area contributed by atoms with Gasteiger partial charge >= 0.3 is 0 Å². The van der Waals surface area contributed by atoms with Crippen LogP contribution in [0.25, 0.3) is 0 Å². The molecule has 0 aromatic rings. The fourth-order valence-corrected chi connectivity index (χ4v) is 0.664. The fraction of sp³-hybridized carbons (Fsp3) is 0.625. The van der Waals surface area contributed by atoms with Gasteiger partial charge in [0.05, 0.1) is 0 Å². The van der Waals surface area contributed by atoms with Crippen LogP contribution in [-0.2, 0) is 4.79 Å². The van der Waals surface area contributed by atoms with Crippen LogP contribution in [0.3, 0.4) is 0 Å². The summed E-state index contributed by atoms with van der Waals surface area (Å²) in [7, 11) is 0. The summed E-state index contributed by atoms with van der Waals surface area (Å²) in [4.78, 5) is 9.75. The Morgan fingerprint density at radius 1 is 1.33 bits per heavy atom. The molecule has 0 aliphatic carbocycles. The van der Waals surface area contributed by atoms with E-state index in [-0.39, 0.29) is 0 Å². The van der Waals surface area contributed by atoms with Gasteiger partial charge in [0.15, 0.2) is 0 Å². The molecule has 0 heterocycles. The Kier molecular flexibility index (Phi) is 6.92. The highest BCUT2D eigenvalue weighted by atomic mass is 16.1. The molecule has 0 aliphatic rings. The maximum Gasteiger partial charge on any atom is 0.142 e. The Hall–Kier alpha value is -0.590. The lowest BCUT2D eigenvalue weighted by molar-refractivity contribution is -0.104. The van der Waals surface area contributed by atoms with Crippen molar-refractivity contribution in [1.82, 2.24) is 0 Å². The summed E-state index contributed by atoms with van der Waals surface area (Å²) < 4.78 is 0. The minimum absolute atomic E-state index is 0.825. The van der Waals surface area contributed by atoms with Gasteiger partial charge in [0, 0.05) is 0 Å². The van der Waals surface area contributed by atoms with Crippen molar-refractivity contribution in [3.63, 3.8) is 0 Å². The molecule has 0 saturated carbocycles. The molecular formula is C8H14O. The largest absolute Gasteiger partial charge is 0.299 e. The zero-order chi connectivity index (χ0) is 6.95. The first kappa shape index (κ1) is 8.41. The molecular weight excluding hydrogens is 112 g/mol. The van der Waals surface area contributed by atoms with Gasteiger partial charge in [0.2, 0.25) is 0 Å². The normalized spacial score (nSPS) is 10.3. The first-order valence-corrected chi connectivity index (χ1v) is 3.52. The van der Waals surface area contributed by atoms with Crippen LogP contribution in [0.4, 0.5) is 0 Å². The van der Waals surface area contributed by atoms with E-state index in [4.69, 9.17) is 0 Å². The van der Waals surface area contributed by atoms with Crippen molar-refractivity contribution in [3.8, 4) is 0 Å². The molecule has 1 nitrogen and oxygen atoms in total. The lowest BCUT2D eigenvalue weighted by Crippen LogP contribution is -1.70. The van der Waals surface area contributed by atoms with Crippen LogP contribution in [-0.4, -0.2) is 6.29 Å². The molecule has 0 unspecified atom stereocenters. The molecule has 1 heteroatoms. The molecule has 0 bridgehead atoms. The Balaban J connectivity index is 2.90. The highest BCUT2D eigenvalue weighted by Crippen LogP contribution is 1.98. The van der Waals surface area contributed by atoms with Gasteiger partial charge in [-0.3, -0.25) is 4.79 Å². The van der Waals surface area contributed by atoms with Crippen molar-refractivity contribution in [2.75, 3.05) is 0 Å². The highest BCUT2D eigenvalue weighted by Gasteiger charge is 1.79. The molecule has 0 saturated heterocycles. The van der Waals surface area contributed by atoms with Crippen LogP contribution in [0.2, 0.25) is 0 Å². The SMILES string of the molecule is CCCCCC=CC=O. The van der Waals surface area contributed by atoms with Crippen molar-refractivity contribution in [2.24, 2.45) is 0 Å². The van der Waals surface area contributed by atoms with E-state index < -0.39 is 0 Å². The molecule has 9 heavy (non-hydrogen) atoms. The van der Waals surface area contributed by atoms with Gasteiger partial charge in [0.25, 0.3) is 0 Å². The number of unbranched alkanes of at least 4 members (excludes halogenated alkanes) is 3. The fourth-order valence-electron chi connectivity index (χ4n) is 0.664. The number of allylic oxidation sites excluding steroid dienone is 2. The van der Waals surface area contributed by atoms with Crippen molar-refractivity contribution in [1.29, 1.82) is 0 Å². The average molecular weight is 126 g/mol. The predicted molar refractivity (Wildman–Crippen MR) is 39.3 cm³/mol. The minimum atomic E-state index is 0.825. The first-order chi connectivity index (χ1) is 4.41. The summed E-state index contributed by atoms with van der Waals surface area (Å²) in [6, 6.07) is 0. The number of hydrogen-bond acceptors (Lipinski definition) is 1. The van der Waals surface area contributed by atoms with E-state index in [0.717, 1.165) is 12.7 Å². The van der Waals surface area contributed by atoms with Crippen LogP contribution >= 0.6 is 0 Å². The lowest BCUT2D eigenvalue weighted by atomic mass is 10.2. The second kappa shape index (κ2) is 7.41. The first-order valence-electron chi connectivity index (χ1n) is 3.52. The number of aldehydes is 1. The molecule has 0 radical (unpaired) electrons. The molecule has 52 valence electrons. The Labute approximate surface area is 56.8 Å². The molecule has 0 fully saturated rings. The highest BCUT2D eigenvalue weighted by molar-refractivity contribution is 5.64. The smallest absolute Gasteiger partial charge is 0.142 e. The van der Waals surface area contributed by atoms with E-state index in [1.54, 1.807) is 6.08 Å². The van der Waals surface area contributed by atoms with Gasteiger partial charge in [-0.05, 0) is 18.9 Å². The standard InChI is InChI=1S/C8H14O/c1-2-3-4-5-6-7-8-9/h6-8H,2-5H2,1H3. The predicted octanol–water partition coefficient (Wildman–Crippen LogP) is 2.32. The molecule has 0 spiro atoms. The minimum Gasteiger partial charge on any atom is -0.299 e. The molecule has 0 aliphatic heterocycles. The topological polar surface area (TPSA) is 17.1 Å². The number of carbonyl (C=O) groups excluding carboxylic acids is 1. The van der Waals surface area contributed by atoms with E-state index in [0.29, 0.717) is 0 Å². The van der Waals surface area contributed by atoms with Gasteiger partial charge in [-0.2, -0.15) is 0 Å². The van der Waals surface area contributed by atoms with E-state index in [1.807, 2.05) is 6.08 Å². The zero-order valence-electron chi connectivity index (χ0n) is 5.97. The third-order valence-electron chi connectivity index (χ3n) is 1.19. The summed E-state index contributed by atoms with van der Waals surface area (Å²) in [6.45, 7) is 2.17. The quantitative estimate of drug-likeness (QED) is 0.314. The monoisotopic (exact) mass is 126 g/mol. The van der Waals surface area contributed by atoms with Gasteiger partial charge in [-0.1, -0.05) is 25.8 Å². The molecule has 0 N–H and O–H groups in total. The van der Waals surface area contributed by atoms with Gasteiger partial charge in [-0.15, -0.1) is 0 Å². The van der Waals surface area contributed by atoms with Crippen molar-refractivity contribution in [3.05, 3.63) is 12.2 Å². The van der Waals surface area contributed by atoms with Gasteiger partial charge in [-0.25, -0.2) is 0 Å². The second-order valence-electron chi connectivity index (χ2n) is 2.06. The van der Waals surface area contributed by atoms with E-state index in [1.165, 1.54) is 19.3 Å². The van der Waals surface area contributed by atoms with Crippen molar-refractivity contribution < 1.29 is 4.79 Å². The Morgan fingerprint density at radius 3 is 2.67 bits per heavy atom. The summed E-state index contributed by atoms with van der Waals surface area (Å²) in [5.41, 5.74) is 0. The average Bonchev–Trinajstić information content (AvgIpc) is 1.89. The molecule has 0 atom stereocenters. The third-order valence-corrected chi connectivity index (χ3v) is 1.19. The lowest BCUT2D eigenvalue weighted by Gasteiger charge is -1.88. The van der Waals surface area contributed by atoms with E-state index in [2.05, 4.69) is 6.92 Å². The number of rotatable bonds is 5. The molecule has 0 aromatic heterocycles. The summed E-state index contributed by atoms with van der Waals surface area (Å²) in [6.07, 6.45) is 9.08. The molecule has 0 amide bonds. The van der Waals surface area contributed by atoms with Crippen LogP contribution in [0.1, 0.15) is 32.6 Å². The molecule has 0 rings (SSSR count). The summed E-state index contributed by atoms with van der Waals surface area (Å²) >= 11 is 0. The van der Waals surface area contributed by atoms with Crippen LogP contribution in [0.5, 0.6) is 0 Å². The van der Waals surface area contributed by atoms with Crippen molar-refractivity contribution in [2.45, 2.75) is 32.6 Å². The number of carbonyl (C=O) groups is 1. The van der Waals surface area contributed by atoms with Crippen LogP contribution in [0, 0.1) is 0 Å². The second-order valence-corrected chi connectivity index (χ2v) is 2.06.